The summed E-state index contributed by atoms with van der Waals surface area (Å²) in [7, 11) is 0. The summed E-state index contributed by atoms with van der Waals surface area (Å²) in [5, 5.41) is 2.52. The number of rotatable bonds is 7. The van der Waals surface area contributed by atoms with Crippen LogP contribution in [-0.2, 0) is 14.3 Å². The van der Waals surface area contributed by atoms with Crippen LogP contribution in [-0.4, -0.2) is 19.0 Å². The molecule has 1 amide bonds. The molecule has 0 saturated heterocycles. The molecule has 4 heteroatoms. The van der Waals surface area contributed by atoms with Crippen molar-refractivity contribution in [1.82, 2.24) is 5.32 Å². The number of hydrogen-bond donors (Lipinski definition) is 1. The number of amides is 1. The number of esters is 1. The number of carbonyl (C=O) groups excluding carboxylic acids is 2. The predicted molar refractivity (Wildman–Crippen MR) is 62.5 cm³/mol. The van der Waals surface area contributed by atoms with E-state index in [4.69, 9.17) is 4.74 Å². The van der Waals surface area contributed by atoms with Crippen molar-refractivity contribution in [1.29, 1.82) is 0 Å². The zero-order chi connectivity index (χ0) is 12.4. The normalized spacial score (nSPS) is 11.9. The second-order valence-corrected chi connectivity index (χ2v) is 2.89. The molecule has 0 aliphatic rings. The molecule has 0 rings (SSSR count). The van der Waals surface area contributed by atoms with E-state index in [9.17, 15) is 9.59 Å². The molecule has 0 aliphatic heterocycles. The van der Waals surface area contributed by atoms with E-state index in [1.807, 2.05) is 6.92 Å². The highest BCUT2D eigenvalue weighted by Gasteiger charge is 2.07. The Morgan fingerprint density at radius 1 is 1.50 bits per heavy atom. The Morgan fingerprint density at radius 3 is 2.62 bits per heavy atom. The van der Waals surface area contributed by atoms with Crippen molar-refractivity contribution in [3.63, 3.8) is 0 Å². The first-order valence-electron chi connectivity index (χ1n) is 5.03. The molecule has 0 unspecified atom stereocenters. The number of nitrogens with one attached hydrogen (secondary N) is 1. The molecule has 0 spiro atoms. The summed E-state index contributed by atoms with van der Waals surface area (Å²) in [6.07, 6.45) is 5.65. The zero-order valence-electron chi connectivity index (χ0n) is 9.66. The Balaban J connectivity index is 4.86. The lowest BCUT2D eigenvalue weighted by Gasteiger charge is -2.07. The van der Waals surface area contributed by atoms with Crippen molar-refractivity contribution in [2.45, 2.75) is 20.3 Å². The molecular weight excluding hydrogens is 206 g/mol. The summed E-state index contributed by atoms with van der Waals surface area (Å²) >= 11 is 0. The van der Waals surface area contributed by atoms with Crippen molar-refractivity contribution in [2.75, 3.05) is 6.61 Å². The minimum atomic E-state index is -0.341. The van der Waals surface area contributed by atoms with Crippen LogP contribution in [0.2, 0.25) is 0 Å². The van der Waals surface area contributed by atoms with Crippen molar-refractivity contribution in [3.05, 3.63) is 36.1 Å². The Kier molecular flexibility index (Phi) is 7.49. The molecule has 0 heterocycles. The Labute approximate surface area is 95.7 Å². The highest BCUT2D eigenvalue weighted by atomic mass is 16.5. The van der Waals surface area contributed by atoms with Gasteiger partial charge in [0.25, 0.3) is 0 Å². The lowest BCUT2D eigenvalue weighted by molar-refractivity contribution is -0.142. The van der Waals surface area contributed by atoms with Crippen LogP contribution in [0.3, 0.4) is 0 Å². The van der Waals surface area contributed by atoms with E-state index in [-0.39, 0.29) is 12.4 Å². The number of carbonyl (C=O) groups is 2. The summed E-state index contributed by atoms with van der Waals surface area (Å²) in [4.78, 5) is 21.7. The topological polar surface area (TPSA) is 55.4 Å². The van der Waals surface area contributed by atoms with Gasteiger partial charge in [0.05, 0.1) is 13.0 Å². The lowest BCUT2D eigenvalue weighted by atomic mass is 10.1. The molecule has 0 aliphatic carbocycles. The lowest BCUT2D eigenvalue weighted by Crippen LogP contribution is -2.13. The fourth-order valence-electron chi connectivity index (χ4n) is 1.12. The van der Waals surface area contributed by atoms with Crippen LogP contribution in [0, 0.1) is 0 Å². The van der Waals surface area contributed by atoms with Gasteiger partial charge in [-0.1, -0.05) is 18.7 Å². The molecule has 0 fully saturated rings. The molecule has 0 aromatic rings. The van der Waals surface area contributed by atoms with Gasteiger partial charge in [-0.2, -0.15) is 0 Å². The van der Waals surface area contributed by atoms with Crippen LogP contribution in [0.5, 0.6) is 0 Å². The van der Waals surface area contributed by atoms with E-state index in [0.717, 1.165) is 0 Å². The number of hydrogen-bond acceptors (Lipinski definition) is 3. The largest absolute Gasteiger partial charge is 0.466 e. The molecule has 0 saturated carbocycles. The molecule has 0 aromatic heterocycles. The van der Waals surface area contributed by atoms with Gasteiger partial charge in [-0.25, -0.2) is 0 Å². The first-order valence-corrected chi connectivity index (χ1v) is 5.03. The first-order chi connectivity index (χ1) is 7.69. The van der Waals surface area contributed by atoms with E-state index in [1.54, 1.807) is 19.1 Å². The minimum absolute atomic E-state index is 0.0951. The molecule has 0 radical (unpaired) electrons. The van der Waals surface area contributed by atoms with Gasteiger partial charge in [0.15, 0.2) is 0 Å². The van der Waals surface area contributed by atoms with Crippen molar-refractivity contribution < 1.29 is 14.3 Å². The maximum atomic E-state index is 11.3. The van der Waals surface area contributed by atoms with Crippen molar-refractivity contribution >= 4 is 12.4 Å². The molecule has 4 nitrogen and oxygen atoms in total. The van der Waals surface area contributed by atoms with Crippen LogP contribution >= 0.6 is 0 Å². The van der Waals surface area contributed by atoms with Crippen LogP contribution in [0.25, 0.3) is 0 Å². The van der Waals surface area contributed by atoms with Crippen molar-refractivity contribution in [2.24, 2.45) is 0 Å². The summed E-state index contributed by atoms with van der Waals surface area (Å²) in [6.45, 7) is 7.50. The number of allylic oxidation sites excluding steroid dienone is 3. The Hall–Kier alpha value is -1.84. The van der Waals surface area contributed by atoms with E-state index in [0.29, 0.717) is 24.3 Å². The van der Waals surface area contributed by atoms with E-state index in [2.05, 4.69) is 11.9 Å². The van der Waals surface area contributed by atoms with Crippen LogP contribution in [0.15, 0.2) is 36.1 Å². The third-order valence-corrected chi connectivity index (χ3v) is 1.78. The molecule has 0 bridgehead atoms. The van der Waals surface area contributed by atoms with Gasteiger partial charge in [0.2, 0.25) is 6.41 Å². The van der Waals surface area contributed by atoms with Gasteiger partial charge >= 0.3 is 5.97 Å². The van der Waals surface area contributed by atoms with Crippen LogP contribution in [0.4, 0.5) is 0 Å². The van der Waals surface area contributed by atoms with E-state index in [1.165, 1.54) is 6.08 Å². The summed E-state index contributed by atoms with van der Waals surface area (Å²) < 4.78 is 4.82. The standard InChI is InChI=1S/C12H17NO3/c1-4-7-11(13-9-14)10(5-2)8-12(15)16-6-3/h4-5,7,9H,2,6,8H2,1,3H3,(H,13,14)/b7-4-,11-10-. The summed E-state index contributed by atoms with van der Waals surface area (Å²) in [5.74, 6) is -0.341. The average Bonchev–Trinajstić information content (AvgIpc) is 2.26. The first kappa shape index (κ1) is 14.2. The quantitative estimate of drug-likeness (QED) is 0.406. The van der Waals surface area contributed by atoms with Crippen LogP contribution in [0.1, 0.15) is 20.3 Å². The van der Waals surface area contributed by atoms with Gasteiger partial charge in [-0.15, -0.1) is 0 Å². The van der Waals surface area contributed by atoms with Gasteiger partial charge in [0.1, 0.15) is 0 Å². The Bertz CT molecular complexity index is 316. The Morgan fingerprint density at radius 2 is 2.19 bits per heavy atom. The molecular formula is C12H17NO3. The second-order valence-electron chi connectivity index (χ2n) is 2.89. The molecule has 88 valence electrons. The van der Waals surface area contributed by atoms with Crippen LogP contribution < -0.4 is 5.32 Å². The fourth-order valence-corrected chi connectivity index (χ4v) is 1.12. The monoisotopic (exact) mass is 223 g/mol. The second kappa shape index (κ2) is 8.47. The average molecular weight is 223 g/mol. The maximum absolute atomic E-state index is 11.3. The predicted octanol–water partition coefficient (Wildman–Crippen LogP) is 1.70. The van der Waals surface area contributed by atoms with E-state index < -0.39 is 0 Å². The highest BCUT2D eigenvalue weighted by Crippen LogP contribution is 2.10. The smallest absolute Gasteiger partial charge is 0.310 e. The number of ether oxygens (including phenoxy) is 1. The molecule has 1 N–H and O–H groups in total. The minimum Gasteiger partial charge on any atom is -0.466 e. The zero-order valence-corrected chi connectivity index (χ0v) is 9.66. The molecule has 0 aromatic carbocycles. The van der Waals surface area contributed by atoms with Gasteiger partial charge < -0.3 is 10.1 Å². The third kappa shape index (κ3) is 5.14. The van der Waals surface area contributed by atoms with E-state index >= 15 is 0 Å². The SMILES string of the molecule is C=C/C(CC(=O)OCC)=C(\C=C/C)NC=O. The summed E-state index contributed by atoms with van der Waals surface area (Å²) in [6, 6.07) is 0. The third-order valence-electron chi connectivity index (χ3n) is 1.78. The van der Waals surface area contributed by atoms with Gasteiger partial charge in [-0.05, 0) is 25.5 Å². The summed E-state index contributed by atoms with van der Waals surface area (Å²) in [5.41, 5.74) is 1.18. The molecule has 16 heavy (non-hydrogen) atoms. The maximum Gasteiger partial charge on any atom is 0.310 e. The van der Waals surface area contributed by atoms with Crippen molar-refractivity contribution in [3.8, 4) is 0 Å². The molecule has 0 atom stereocenters. The van der Waals surface area contributed by atoms with Gasteiger partial charge in [0, 0.05) is 5.70 Å². The van der Waals surface area contributed by atoms with Gasteiger partial charge in [-0.3, -0.25) is 9.59 Å². The highest BCUT2D eigenvalue weighted by molar-refractivity contribution is 5.74. The fraction of sp³-hybridized carbons (Fsp3) is 0.333.